The number of H-pyrrole nitrogens is 1. The van der Waals surface area contributed by atoms with Crippen molar-refractivity contribution in [3.05, 3.63) is 6.33 Å². The van der Waals surface area contributed by atoms with Crippen LogP contribution in [-0.4, -0.2) is 44.0 Å². The Bertz CT molecular complexity index is 340. The second-order valence-corrected chi connectivity index (χ2v) is 3.67. The Labute approximate surface area is 89.7 Å². The predicted molar refractivity (Wildman–Crippen MR) is 52.3 cm³/mol. The molecule has 0 radical (unpaired) electrons. The highest BCUT2D eigenvalue weighted by Gasteiger charge is 2.14. The van der Waals surface area contributed by atoms with Crippen LogP contribution >= 0.6 is 11.8 Å². The molecule has 1 amide bonds. The molecule has 0 aliphatic carbocycles. The Hall–Kier alpha value is -1.57. The van der Waals surface area contributed by atoms with Gasteiger partial charge >= 0.3 is 5.97 Å². The van der Waals surface area contributed by atoms with Gasteiger partial charge in [0.15, 0.2) is 5.16 Å². The number of carboxylic acids is 1. The molecule has 1 aromatic heterocycles. The molecule has 0 aromatic carbocycles. The molecule has 1 rings (SSSR count). The summed E-state index contributed by atoms with van der Waals surface area (Å²) in [7, 11) is 0. The standard InChI is InChI=1S/C7H10N4O3S/c1-4(6(13)14)10-5(12)2-15-7-8-3-9-11-7/h3-4H,2H2,1H3,(H,10,12)(H,13,14)(H,8,9,11). The Balaban J connectivity index is 2.28. The summed E-state index contributed by atoms with van der Waals surface area (Å²) in [4.78, 5) is 25.4. The predicted octanol–water partition coefficient (Wildman–Crippen LogP) is -0.514. The van der Waals surface area contributed by atoms with Crippen molar-refractivity contribution in [1.29, 1.82) is 0 Å². The number of aromatic nitrogens is 3. The summed E-state index contributed by atoms with van der Waals surface area (Å²) in [6, 6.07) is -0.882. The van der Waals surface area contributed by atoms with Crippen LogP contribution in [0.2, 0.25) is 0 Å². The smallest absolute Gasteiger partial charge is 0.325 e. The Morgan fingerprint density at radius 1 is 1.73 bits per heavy atom. The van der Waals surface area contributed by atoms with E-state index in [1.54, 1.807) is 0 Å². The molecule has 0 saturated heterocycles. The highest BCUT2D eigenvalue weighted by molar-refractivity contribution is 7.99. The van der Waals surface area contributed by atoms with Crippen LogP contribution in [0.4, 0.5) is 0 Å². The van der Waals surface area contributed by atoms with Crippen LogP contribution in [0.15, 0.2) is 11.5 Å². The van der Waals surface area contributed by atoms with Crippen LogP contribution in [0.3, 0.4) is 0 Å². The number of carbonyl (C=O) groups excluding carboxylic acids is 1. The molecule has 1 aromatic rings. The molecule has 0 fully saturated rings. The van der Waals surface area contributed by atoms with Crippen molar-refractivity contribution in [2.75, 3.05) is 5.75 Å². The van der Waals surface area contributed by atoms with Crippen LogP contribution in [0, 0.1) is 0 Å². The Morgan fingerprint density at radius 2 is 2.47 bits per heavy atom. The third-order valence-electron chi connectivity index (χ3n) is 1.48. The van der Waals surface area contributed by atoms with Crippen LogP contribution in [0.25, 0.3) is 0 Å². The summed E-state index contributed by atoms with van der Waals surface area (Å²) >= 11 is 1.15. The largest absolute Gasteiger partial charge is 0.480 e. The van der Waals surface area contributed by atoms with E-state index in [0.717, 1.165) is 11.8 Å². The van der Waals surface area contributed by atoms with Gasteiger partial charge in [-0.15, -0.1) is 0 Å². The normalized spacial score (nSPS) is 12.1. The van der Waals surface area contributed by atoms with Gasteiger partial charge in [-0.3, -0.25) is 14.7 Å². The monoisotopic (exact) mass is 230 g/mol. The highest BCUT2D eigenvalue weighted by atomic mass is 32.2. The number of amides is 1. The fourth-order valence-corrected chi connectivity index (χ4v) is 1.33. The molecular formula is C7H10N4O3S. The summed E-state index contributed by atoms with van der Waals surface area (Å²) in [5.74, 6) is -1.31. The number of hydrogen-bond acceptors (Lipinski definition) is 5. The molecule has 0 aliphatic rings. The molecule has 15 heavy (non-hydrogen) atoms. The van der Waals surface area contributed by atoms with Gasteiger partial charge < -0.3 is 10.4 Å². The minimum atomic E-state index is -1.06. The van der Waals surface area contributed by atoms with Crippen LogP contribution < -0.4 is 5.32 Å². The second kappa shape index (κ2) is 5.35. The van der Waals surface area contributed by atoms with Gasteiger partial charge in [0, 0.05) is 0 Å². The number of rotatable bonds is 5. The first-order valence-corrected chi connectivity index (χ1v) is 5.08. The van der Waals surface area contributed by atoms with Gasteiger partial charge in [-0.2, -0.15) is 5.10 Å². The quantitative estimate of drug-likeness (QED) is 0.588. The van der Waals surface area contributed by atoms with Gasteiger partial charge in [-0.05, 0) is 6.92 Å². The number of carboxylic acid groups (broad SMARTS) is 1. The first-order chi connectivity index (χ1) is 7.09. The lowest BCUT2D eigenvalue weighted by molar-refractivity contribution is -0.140. The lowest BCUT2D eigenvalue weighted by Crippen LogP contribution is -2.39. The zero-order chi connectivity index (χ0) is 11.3. The second-order valence-electron chi connectivity index (χ2n) is 2.71. The number of nitrogens with zero attached hydrogens (tertiary/aromatic N) is 2. The van der Waals surface area contributed by atoms with Crippen LogP contribution in [-0.2, 0) is 9.59 Å². The number of nitrogens with one attached hydrogen (secondary N) is 2. The van der Waals surface area contributed by atoms with E-state index >= 15 is 0 Å². The molecule has 0 bridgehead atoms. The van der Waals surface area contributed by atoms with Crippen molar-refractivity contribution in [1.82, 2.24) is 20.5 Å². The molecule has 0 saturated carbocycles. The van der Waals surface area contributed by atoms with Crippen LogP contribution in [0.5, 0.6) is 0 Å². The fourth-order valence-electron chi connectivity index (χ4n) is 0.743. The van der Waals surface area contributed by atoms with Crippen molar-refractivity contribution in [3.63, 3.8) is 0 Å². The van der Waals surface area contributed by atoms with Gasteiger partial charge in [0.2, 0.25) is 5.91 Å². The summed E-state index contributed by atoms with van der Waals surface area (Å²) in [6.45, 7) is 1.40. The molecular weight excluding hydrogens is 220 g/mol. The first kappa shape index (κ1) is 11.5. The third-order valence-corrected chi connectivity index (χ3v) is 2.36. The summed E-state index contributed by atoms with van der Waals surface area (Å²) in [5, 5.41) is 17.6. The van der Waals surface area contributed by atoms with E-state index in [4.69, 9.17) is 5.11 Å². The van der Waals surface area contributed by atoms with E-state index in [9.17, 15) is 9.59 Å². The Kier molecular flexibility index (Phi) is 4.10. The highest BCUT2D eigenvalue weighted by Crippen LogP contribution is 2.09. The van der Waals surface area contributed by atoms with Crippen molar-refractivity contribution in [2.24, 2.45) is 0 Å². The van der Waals surface area contributed by atoms with Crippen molar-refractivity contribution >= 4 is 23.6 Å². The van der Waals surface area contributed by atoms with E-state index in [1.807, 2.05) is 0 Å². The molecule has 1 heterocycles. The number of thioether (sulfide) groups is 1. The van der Waals surface area contributed by atoms with E-state index < -0.39 is 12.0 Å². The van der Waals surface area contributed by atoms with Crippen molar-refractivity contribution in [2.45, 2.75) is 18.1 Å². The minimum Gasteiger partial charge on any atom is -0.480 e. The summed E-state index contributed by atoms with van der Waals surface area (Å²) < 4.78 is 0. The SMILES string of the molecule is CC(NC(=O)CSc1ncn[nH]1)C(=O)O. The number of hydrogen-bond donors (Lipinski definition) is 3. The maximum Gasteiger partial charge on any atom is 0.325 e. The lowest BCUT2D eigenvalue weighted by Gasteiger charge is -2.07. The van der Waals surface area contributed by atoms with Gasteiger partial charge in [-0.1, -0.05) is 11.8 Å². The van der Waals surface area contributed by atoms with Gasteiger partial charge in [0.25, 0.3) is 0 Å². The molecule has 1 atom stereocenters. The number of aliphatic carboxylic acids is 1. The van der Waals surface area contributed by atoms with Gasteiger partial charge in [-0.25, -0.2) is 4.98 Å². The average molecular weight is 230 g/mol. The molecule has 8 heteroatoms. The van der Waals surface area contributed by atoms with E-state index in [0.29, 0.717) is 5.16 Å². The maximum atomic E-state index is 11.2. The summed E-state index contributed by atoms with van der Waals surface area (Å²) in [6.07, 6.45) is 1.33. The van der Waals surface area contributed by atoms with Gasteiger partial charge in [0.05, 0.1) is 5.75 Å². The average Bonchev–Trinajstić information content (AvgIpc) is 2.66. The zero-order valence-corrected chi connectivity index (χ0v) is 8.74. The van der Waals surface area contributed by atoms with E-state index in [1.165, 1.54) is 13.3 Å². The molecule has 82 valence electrons. The number of carbonyl (C=O) groups is 2. The number of aromatic amines is 1. The topological polar surface area (TPSA) is 108 Å². The molecule has 0 aliphatic heterocycles. The maximum absolute atomic E-state index is 11.2. The minimum absolute atomic E-state index is 0.104. The Morgan fingerprint density at radius 3 is 3.00 bits per heavy atom. The molecule has 1 unspecified atom stereocenters. The lowest BCUT2D eigenvalue weighted by atomic mass is 10.3. The fraction of sp³-hybridized carbons (Fsp3) is 0.429. The van der Waals surface area contributed by atoms with Crippen molar-refractivity contribution in [3.8, 4) is 0 Å². The summed E-state index contributed by atoms with van der Waals surface area (Å²) in [5.41, 5.74) is 0. The van der Waals surface area contributed by atoms with Crippen LogP contribution in [0.1, 0.15) is 6.92 Å². The van der Waals surface area contributed by atoms with Crippen molar-refractivity contribution < 1.29 is 14.7 Å². The van der Waals surface area contributed by atoms with E-state index in [-0.39, 0.29) is 11.7 Å². The first-order valence-electron chi connectivity index (χ1n) is 4.10. The molecule has 7 nitrogen and oxygen atoms in total. The van der Waals surface area contributed by atoms with Gasteiger partial charge in [0.1, 0.15) is 12.4 Å². The zero-order valence-electron chi connectivity index (χ0n) is 7.93. The van der Waals surface area contributed by atoms with E-state index in [2.05, 4.69) is 20.5 Å². The molecule has 0 spiro atoms. The third kappa shape index (κ3) is 3.98. The molecule has 3 N–H and O–H groups in total.